The van der Waals surface area contributed by atoms with Gasteiger partial charge in [0, 0.05) is 31.4 Å². The van der Waals surface area contributed by atoms with Crippen molar-refractivity contribution in [2.24, 2.45) is 0 Å². The van der Waals surface area contributed by atoms with Crippen LogP contribution in [-0.4, -0.2) is 40.3 Å². The molecule has 0 radical (unpaired) electrons. The summed E-state index contributed by atoms with van der Waals surface area (Å²) in [5, 5.41) is 0.626. The normalized spacial score (nSPS) is 12.7. The zero-order valence-corrected chi connectivity index (χ0v) is 13.2. The van der Waals surface area contributed by atoms with Gasteiger partial charge < -0.3 is 9.47 Å². The number of hydrogen-bond acceptors (Lipinski definition) is 2. The Hall–Kier alpha value is -1.26. The lowest BCUT2D eigenvalue weighted by atomic mass is 10.2. The zero-order chi connectivity index (χ0) is 14.9. The summed E-state index contributed by atoms with van der Waals surface area (Å²) in [6, 6.07) is 5.15. The van der Waals surface area contributed by atoms with Crippen molar-refractivity contribution in [1.29, 1.82) is 0 Å². The lowest BCUT2D eigenvalue weighted by Gasteiger charge is -2.20. The van der Waals surface area contributed by atoms with E-state index in [0.717, 1.165) is 16.9 Å². The molecule has 0 aliphatic rings. The molecule has 108 valence electrons. The molecular formula is C14H17Cl2N3O. The van der Waals surface area contributed by atoms with Crippen LogP contribution in [0.15, 0.2) is 18.2 Å². The molecule has 1 aromatic heterocycles. The molecule has 6 heteroatoms. The number of carbonyl (C=O) groups is 1. The van der Waals surface area contributed by atoms with Gasteiger partial charge in [-0.25, -0.2) is 4.98 Å². The van der Waals surface area contributed by atoms with Crippen LogP contribution in [0.25, 0.3) is 11.0 Å². The summed E-state index contributed by atoms with van der Waals surface area (Å²) in [5.74, 6) is 1.28. The molecule has 0 bridgehead atoms. The van der Waals surface area contributed by atoms with Gasteiger partial charge in [0.15, 0.2) is 0 Å². The van der Waals surface area contributed by atoms with Gasteiger partial charge in [-0.1, -0.05) is 11.6 Å². The third-order valence-corrected chi connectivity index (χ3v) is 3.65. The number of imidazole rings is 1. The predicted molar refractivity (Wildman–Crippen MR) is 82.6 cm³/mol. The molecule has 1 amide bonds. The highest BCUT2D eigenvalue weighted by Gasteiger charge is 2.22. The van der Waals surface area contributed by atoms with Crippen molar-refractivity contribution < 1.29 is 4.79 Å². The van der Waals surface area contributed by atoms with Gasteiger partial charge in [-0.3, -0.25) is 4.79 Å². The number of benzene rings is 1. The van der Waals surface area contributed by atoms with E-state index in [-0.39, 0.29) is 11.9 Å². The molecule has 0 fully saturated rings. The number of alkyl halides is 1. The number of rotatable bonds is 4. The number of aryl methyl sites for hydroxylation is 1. The van der Waals surface area contributed by atoms with Crippen LogP contribution >= 0.6 is 23.2 Å². The van der Waals surface area contributed by atoms with Gasteiger partial charge in [0.05, 0.1) is 11.0 Å². The van der Waals surface area contributed by atoms with Crippen molar-refractivity contribution in [3.63, 3.8) is 0 Å². The molecule has 0 aliphatic heterocycles. The van der Waals surface area contributed by atoms with Crippen molar-refractivity contribution in [3.05, 3.63) is 29.0 Å². The zero-order valence-electron chi connectivity index (χ0n) is 11.7. The molecule has 2 aromatic rings. The summed E-state index contributed by atoms with van der Waals surface area (Å²) in [5.41, 5.74) is 1.69. The fourth-order valence-electron chi connectivity index (χ4n) is 2.29. The summed E-state index contributed by atoms with van der Waals surface area (Å²) in [6.07, 6.45) is 0.610. The third-order valence-electron chi connectivity index (χ3n) is 3.23. The van der Waals surface area contributed by atoms with Gasteiger partial charge in [-0.2, -0.15) is 0 Å². The molecule has 0 N–H and O–H groups in total. The molecule has 1 heterocycles. The minimum absolute atomic E-state index is 0.0140. The van der Waals surface area contributed by atoms with E-state index in [1.54, 1.807) is 25.1 Å². The van der Waals surface area contributed by atoms with Crippen molar-refractivity contribution in [1.82, 2.24) is 14.5 Å². The molecule has 0 saturated heterocycles. The molecule has 1 aromatic carbocycles. The monoisotopic (exact) mass is 313 g/mol. The first-order chi connectivity index (χ1) is 9.45. The van der Waals surface area contributed by atoms with Crippen molar-refractivity contribution >= 4 is 40.1 Å². The number of likely N-dealkylation sites (N-methyl/N-ethyl adjacent to an activating group) is 1. The topological polar surface area (TPSA) is 38.1 Å². The molecule has 0 aliphatic carbocycles. The van der Waals surface area contributed by atoms with Crippen LogP contribution in [0.5, 0.6) is 0 Å². The van der Waals surface area contributed by atoms with E-state index in [9.17, 15) is 4.79 Å². The van der Waals surface area contributed by atoms with Crippen LogP contribution in [0.1, 0.15) is 18.8 Å². The smallest absolute Gasteiger partial charge is 0.244 e. The van der Waals surface area contributed by atoms with Crippen LogP contribution in [0, 0.1) is 0 Å². The van der Waals surface area contributed by atoms with E-state index in [1.165, 1.54) is 0 Å². The minimum atomic E-state index is -0.341. The summed E-state index contributed by atoms with van der Waals surface area (Å²) in [4.78, 5) is 18.4. The average Bonchev–Trinajstić information content (AvgIpc) is 2.74. The second-order valence-electron chi connectivity index (χ2n) is 4.88. The van der Waals surface area contributed by atoms with Gasteiger partial charge in [0.2, 0.25) is 5.91 Å². The number of halogens is 2. The van der Waals surface area contributed by atoms with E-state index in [2.05, 4.69) is 4.98 Å². The Morgan fingerprint density at radius 3 is 2.75 bits per heavy atom. The van der Waals surface area contributed by atoms with Crippen molar-refractivity contribution in [3.8, 4) is 0 Å². The van der Waals surface area contributed by atoms with E-state index in [1.807, 2.05) is 23.6 Å². The molecule has 2 rings (SSSR count). The van der Waals surface area contributed by atoms with Gasteiger partial charge in [0.25, 0.3) is 0 Å². The van der Waals surface area contributed by atoms with Crippen LogP contribution in [-0.2, 0) is 11.2 Å². The third kappa shape index (κ3) is 2.76. The van der Waals surface area contributed by atoms with Gasteiger partial charge >= 0.3 is 0 Å². The first kappa shape index (κ1) is 15.1. The Morgan fingerprint density at radius 2 is 2.15 bits per heavy atom. The second-order valence-corrected chi connectivity index (χ2v) is 5.69. The highest BCUT2D eigenvalue weighted by atomic mass is 35.5. The average molecular weight is 314 g/mol. The largest absolute Gasteiger partial charge is 0.347 e. The lowest BCUT2D eigenvalue weighted by Crippen LogP contribution is -2.30. The molecule has 1 atom stereocenters. The summed E-state index contributed by atoms with van der Waals surface area (Å²) in [7, 11) is 3.48. The Bertz CT molecular complexity index is 637. The predicted octanol–water partition coefficient (Wildman–Crippen LogP) is 3.12. The highest BCUT2D eigenvalue weighted by Crippen LogP contribution is 2.25. The van der Waals surface area contributed by atoms with Crippen LogP contribution in [0.3, 0.4) is 0 Å². The highest BCUT2D eigenvalue weighted by molar-refractivity contribution is 6.31. The van der Waals surface area contributed by atoms with E-state index in [4.69, 9.17) is 23.2 Å². The summed E-state index contributed by atoms with van der Waals surface area (Å²) in [6.45, 7) is 1.86. The van der Waals surface area contributed by atoms with Gasteiger partial charge in [-0.05, 0) is 25.1 Å². The minimum Gasteiger partial charge on any atom is -0.347 e. The SMILES string of the molecule is CC(C(=O)N(C)C)n1c(CCCl)nc2ccc(Cl)cc21. The van der Waals surface area contributed by atoms with Gasteiger partial charge in [-0.15, -0.1) is 11.6 Å². The fourth-order valence-corrected chi connectivity index (χ4v) is 2.63. The Kier molecular flexibility index (Phi) is 4.55. The van der Waals surface area contributed by atoms with Crippen LogP contribution < -0.4 is 0 Å². The second kappa shape index (κ2) is 6.02. The van der Waals surface area contributed by atoms with E-state index >= 15 is 0 Å². The van der Waals surface area contributed by atoms with Gasteiger partial charge in [0.1, 0.15) is 11.9 Å². The Balaban J connectivity index is 2.61. The molecule has 0 spiro atoms. The first-order valence-electron chi connectivity index (χ1n) is 6.39. The lowest BCUT2D eigenvalue weighted by molar-refractivity contribution is -0.131. The molecule has 20 heavy (non-hydrogen) atoms. The van der Waals surface area contributed by atoms with Crippen LogP contribution in [0.2, 0.25) is 5.02 Å². The number of carbonyl (C=O) groups excluding carboxylic acids is 1. The van der Waals surface area contributed by atoms with Crippen molar-refractivity contribution in [2.45, 2.75) is 19.4 Å². The van der Waals surface area contributed by atoms with E-state index < -0.39 is 0 Å². The number of amides is 1. The van der Waals surface area contributed by atoms with E-state index in [0.29, 0.717) is 17.3 Å². The summed E-state index contributed by atoms with van der Waals surface area (Å²) >= 11 is 11.9. The standard InChI is InChI=1S/C14H17Cl2N3O/c1-9(14(20)18(2)3)19-12-8-10(16)4-5-11(12)17-13(19)6-7-15/h4-5,8-9H,6-7H2,1-3H3. The number of hydrogen-bond donors (Lipinski definition) is 0. The van der Waals surface area contributed by atoms with Crippen molar-refractivity contribution in [2.75, 3.05) is 20.0 Å². The quantitative estimate of drug-likeness (QED) is 0.813. The molecular weight excluding hydrogens is 297 g/mol. The Labute approximate surface area is 128 Å². The first-order valence-corrected chi connectivity index (χ1v) is 7.30. The maximum Gasteiger partial charge on any atom is 0.244 e. The number of fused-ring (bicyclic) bond motifs is 1. The fraction of sp³-hybridized carbons (Fsp3) is 0.429. The number of nitrogens with zero attached hydrogens (tertiary/aromatic N) is 3. The Morgan fingerprint density at radius 1 is 1.45 bits per heavy atom. The maximum atomic E-state index is 12.2. The number of aromatic nitrogens is 2. The molecule has 1 unspecified atom stereocenters. The molecule has 4 nitrogen and oxygen atoms in total. The van der Waals surface area contributed by atoms with Crippen LogP contribution in [0.4, 0.5) is 0 Å². The maximum absolute atomic E-state index is 12.2. The summed E-state index contributed by atoms with van der Waals surface area (Å²) < 4.78 is 1.92. The molecule has 0 saturated carbocycles.